The van der Waals surface area contributed by atoms with E-state index in [2.05, 4.69) is 27.7 Å². The first-order valence-corrected chi connectivity index (χ1v) is 14.7. The van der Waals surface area contributed by atoms with Crippen molar-refractivity contribution in [1.29, 1.82) is 0 Å². The molecule has 0 aliphatic rings. The molecule has 0 amide bonds. The van der Waals surface area contributed by atoms with Gasteiger partial charge in [-0.1, -0.05) is 101 Å². The smallest absolute Gasteiger partial charge is 0.196 e. The Morgan fingerprint density at radius 3 is 1.24 bits per heavy atom. The molecule has 0 heterocycles. The maximum Gasteiger partial charge on any atom is 0.196 e. The molecule has 0 saturated heterocycles. The van der Waals surface area contributed by atoms with Gasteiger partial charge in [0.1, 0.15) is 11.5 Å². The van der Waals surface area contributed by atoms with Gasteiger partial charge in [-0.25, -0.2) is 0 Å². The zero-order chi connectivity index (χ0) is 30.2. The molecule has 0 saturated carbocycles. The Labute approximate surface area is 249 Å². The van der Waals surface area contributed by atoms with Crippen molar-refractivity contribution in [2.75, 3.05) is 0 Å². The van der Waals surface area contributed by atoms with Gasteiger partial charge in [-0.15, -0.1) is 0 Å². The average Bonchev–Trinajstić information content (AvgIpc) is 2.98. The summed E-state index contributed by atoms with van der Waals surface area (Å²) in [4.78, 5) is 26.0. The van der Waals surface area contributed by atoms with Crippen molar-refractivity contribution >= 4 is 23.7 Å². The van der Waals surface area contributed by atoms with Gasteiger partial charge in [-0.2, -0.15) is 0 Å². The molecule has 0 bridgehead atoms. The molecule has 4 aromatic rings. The van der Waals surface area contributed by atoms with E-state index in [1.807, 2.05) is 48.6 Å². The summed E-state index contributed by atoms with van der Waals surface area (Å²) in [7, 11) is 0. The molecule has 0 unspecified atom stereocenters. The van der Waals surface area contributed by atoms with E-state index in [9.17, 15) is 19.8 Å². The maximum absolute atomic E-state index is 13.0. The minimum absolute atomic E-state index is 0.0148. The second-order valence-electron chi connectivity index (χ2n) is 11.8. The van der Waals surface area contributed by atoms with E-state index in [4.69, 9.17) is 0 Å². The number of aromatic hydroxyl groups is 2. The molecular formula is C38H40O4. The largest absolute Gasteiger partial charge is 0.507 e. The van der Waals surface area contributed by atoms with Gasteiger partial charge >= 0.3 is 0 Å². The molecule has 4 nitrogen and oxygen atoms in total. The van der Waals surface area contributed by atoms with Gasteiger partial charge in [0.2, 0.25) is 0 Å². The molecule has 0 spiro atoms. The molecule has 2 N–H and O–H groups in total. The van der Waals surface area contributed by atoms with Crippen LogP contribution in [-0.4, -0.2) is 21.8 Å². The van der Waals surface area contributed by atoms with E-state index >= 15 is 0 Å². The Morgan fingerprint density at radius 1 is 0.571 bits per heavy atom. The highest BCUT2D eigenvalue weighted by atomic mass is 16.3. The topological polar surface area (TPSA) is 74.6 Å². The summed E-state index contributed by atoms with van der Waals surface area (Å²) in [5.41, 5.74) is 5.52. The van der Waals surface area contributed by atoms with Crippen LogP contribution in [0.3, 0.4) is 0 Å². The lowest BCUT2D eigenvalue weighted by Gasteiger charge is -2.09. The van der Waals surface area contributed by atoms with Gasteiger partial charge in [0.15, 0.2) is 11.6 Å². The molecule has 42 heavy (non-hydrogen) atoms. The lowest BCUT2D eigenvalue weighted by atomic mass is 9.97. The lowest BCUT2D eigenvalue weighted by molar-refractivity contribution is 0.102. The first kappa shape index (κ1) is 30.5. The number of phenols is 2. The molecule has 0 fully saturated rings. The van der Waals surface area contributed by atoms with Crippen molar-refractivity contribution in [3.63, 3.8) is 0 Å². The summed E-state index contributed by atoms with van der Waals surface area (Å²) in [6, 6.07) is 25.1. The third-order valence-electron chi connectivity index (χ3n) is 7.45. The summed E-state index contributed by atoms with van der Waals surface area (Å²) in [6.45, 7) is 8.66. The fraction of sp³-hybridized carbons (Fsp3) is 0.263. The van der Waals surface area contributed by atoms with E-state index in [0.29, 0.717) is 34.1 Å². The maximum atomic E-state index is 13.0. The highest BCUT2D eigenvalue weighted by Crippen LogP contribution is 2.25. The Hall–Kier alpha value is -4.44. The number of aryl methyl sites for hydroxylation is 2. The van der Waals surface area contributed by atoms with Gasteiger partial charge in [0.05, 0.1) is 11.1 Å². The van der Waals surface area contributed by atoms with E-state index in [1.54, 1.807) is 48.5 Å². The fourth-order valence-corrected chi connectivity index (χ4v) is 4.75. The van der Waals surface area contributed by atoms with Crippen LogP contribution < -0.4 is 0 Å². The van der Waals surface area contributed by atoms with Crippen LogP contribution >= 0.6 is 0 Å². The zero-order valence-electron chi connectivity index (χ0n) is 24.9. The SMILES string of the molecule is CC(C)CCc1ccc(C(=O)c2ccc(/C=C/c3ccc(C(=O)c4ccc(CCC(C)C)cc4O)cc3)cc2)c(O)c1. The number of ketones is 2. The molecule has 0 radical (unpaired) electrons. The Balaban J connectivity index is 1.38. The van der Waals surface area contributed by atoms with Crippen molar-refractivity contribution in [2.45, 2.75) is 53.4 Å². The summed E-state index contributed by atoms with van der Waals surface area (Å²) in [5, 5.41) is 20.9. The first-order valence-electron chi connectivity index (χ1n) is 14.7. The summed E-state index contributed by atoms with van der Waals surface area (Å²) in [5.74, 6) is 0.757. The third-order valence-corrected chi connectivity index (χ3v) is 7.45. The molecule has 0 aliphatic heterocycles. The quantitative estimate of drug-likeness (QED) is 0.134. The van der Waals surface area contributed by atoms with E-state index in [-0.39, 0.29) is 23.1 Å². The number of benzene rings is 4. The van der Waals surface area contributed by atoms with Crippen molar-refractivity contribution in [3.8, 4) is 11.5 Å². The Bertz CT molecular complexity index is 1440. The van der Waals surface area contributed by atoms with Gasteiger partial charge in [0, 0.05) is 11.1 Å². The van der Waals surface area contributed by atoms with E-state index in [0.717, 1.165) is 47.9 Å². The first-order chi connectivity index (χ1) is 20.1. The predicted molar refractivity (Wildman–Crippen MR) is 171 cm³/mol. The standard InChI is InChI=1S/C38H40O4/c1-25(2)5-7-29-15-21-33(35(39)23-29)37(41)31-17-11-27(12-18-31)9-10-28-13-19-32(20-14-28)38(42)34-22-16-30(24-36(34)40)8-6-26(3)4/h9-26,39-40H,5-8H2,1-4H3/b10-9+. The van der Waals surface area contributed by atoms with Crippen LogP contribution in [0, 0.1) is 11.8 Å². The zero-order valence-corrected chi connectivity index (χ0v) is 24.9. The van der Waals surface area contributed by atoms with E-state index in [1.165, 1.54) is 0 Å². The van der Waals surface area contributed by atoms with Gasteiger partial charge in [0.25, 0.3) is 0 Å². The summed E-state index contributed by atoms with van der Waals surface area (Å²) >= 11 is 0. The normalized spacial score (nSPS) is 11.5. The minimum Gasteiger partial charge on any atom is -0.507 e. The second kappa shape index (κ2) is 14.0. The Kier molecular flexibility index (Phi) is 10.1. The molecule has 0 aliphatic carbocycles. The second-order valence-corrected chi connectivity index (χ2v) is 11.8. The van der Waals surface area contributed by atoms with Crippen molar-refractivity contribution in [3.05, 3.63) is 129 Å². The van der Waals surface area contributed by atoms with Crippen LogP contribution in [0.2, 0.25) is 0 Å². The van der Waals surface area contributed by atoms with Gasteiger partial charge < -0.3 is 10.2 Å². The number of hydrogen-bond donors (Lipinski definition) is 2. The number of carbonyl (C=O) groups is 2. The molecule has 4 heteroatoms. The lowest BCUT2D eigenvalue weighted by Crippen LogP contribution is -2.02. The van der Waals surface area contributed by atoms with Crippen molar-refractivity contribution in [2.24, 2.45) is 11.8 Å². The number of rotatable bonds is 12. The molecule has 4 aromatic carbocycles. The molecular weight excluding hydrogens is 520 g/mol. The number of hydrogen-bond acceptors (Lipinski definition) is 4. The van der Waals surface area contributed by atoms with Crippen LogP contribution in [0.1, 0.15) is 94.6 Å². The average molecular weight is 561 g/mol. The summed E-state index contributed by atoms with van der Waals surface area (Å²) in [6.07, 6.45) is 7.68. The van der Waals surface area contributed by atoms with Gasteiger partial charge in [-0.3, -0.25) is 9.59 Å². The van der Waals surface area contributed by atoms with Crippen LogP contribution in [0.4, 0.5) is 0 Å². The van der Waals surface area contributed by atoms with E-state index < -0.39 is 0 Å². The fourth-order valence-electron chi connectivity index (χ4n) is 4.75. The molecule has 4 rings (SSSR count). The molecule has 216 valence electrons. The third kappa shape index (κ3) is 8.07. The minimum atomic E-state index is -0.213. The van der Waals surface area contributed by atoms with Crippen LogP contribution in [0.5, 0.6) is 11.5 Å². The predicted octanol–water partition coefficient (Wildman–Crippen LogP) is 8.91. The van der Waals surface area contributed by atoms with Crippen molar-refractivity contribution < 1.29 is 19.8 Å². The monoisotopic (exact) mass is 560 g/mol. The van der Waals surface area contributed by atoms with Crippen molar-refractivity contribution in [1.82, 2.24) is 0 Å². The summed E-state index contributed by atoms with van der Waals surface area (Å²) < 4.78 is 0. The molecule has 0 aromatic heterocycles. The Morgan fingerprint density at radius 2 is 0.929 bits per heavy atom. The number of carbonyl (C=O) groups excluding carboxylic acids is 2. The van der Waals surface area contributed by atoms with Crippen LogP contribution in [-0.2, 0) is 12.8 Å². The highest BCUT2D eigenvalue weighted by Gasteiger charge is 2.15. The number of phenolic OH excluding ortho intramolecular Hbond substituents is 2. The van der Waals surface area contributed by atoms with Crippen LogP contribution in [0.15, 0.2) is 84.9 Å². The molecule has 0 atom stereocenters. The van der Waals surface area contributed by atoms with Gasteiger partial charge in [-0.05, 0) is 84.0 Å². The highest BCUT2D eigenvalue weighted by molar-refractivity contribution is 6.11. The van der Waals surface area contributed by atoms with Crippen LogP contribution in [0.25, 0.3) is 12.2 Å².